The van der Waals surface area contributed by atoms with Gasteiger partial charge in [-0.25, -0.2) is 0 Å². The van der Waals surface area contributed by atoms with Crippen molar-refractivity contribution >= 4 is 0 Å². The molecule has 2 rings (SSSR count). The molecule has 1 heterocycles. The Labute approximate surface area is 110 Å². The summed E-state index contributed by atoms with van der Waals surface area (Å²) in [4.78, 5) is 0. The minimum absolute atomic E-state index is 0.0171. The SMILES string of the molecule is CCCNC(c1cnn(CC)c1)C1(OC)CCC1. The lowest BCUT2D eigenvalue weighted by Crippen LogP contribution is -2.50. The largest absolute Gasteiger partial charge is 0.376 e. The molecule has 0 radical (unpaired) electrons. The van der Waals surface area contributed by atoms with Crippen molar-refractivity contribution in [2.75, 3.05) is 13.7 Å². The molecule has 1 N–H and O–H groups in total. The van der Waals surface area contributed by atoms with Gasteiger partial charge in [-0.05, 0) is 39.2 Å². The molecule has 1 saturated carbocycles. The highest BCUT2D eigenvalue weighted by molar-refractivity contribution is 5.18. The van der Waals surface area contributed by atoms with Crippen LogP contribution >= 0.6 is 0 Å². The highest BCUT2D eigenvalue weighted by Gasteiger charge is 2.45. The van der Waals surface area contributed by atoms with E-state index in [2.05, 4.69) is 30.5 Å². The molecular weight excluding hydrogens is 226 g/mol. The van der Waals surface area contributed by atoms with Crippen LogP contribution in [0, 0.1) is 0 Å². The van der Waals surface area contributed by atoms with E-state index in [1.165, 1.54) is 12.0 Å². The topological polar surface area (TPSA) is 39.1 Å². The number of hydrogen-bond donors (Lipinski definition) is 1. The highest BCUT2D eigenvalue weighted by atomic mass is 16.5. The van der Waals surface area contributed by atoms with Crippen molar-refractivity contribution in [2.45, 2.75) is 57.7 Å². The molecule has 18 heavy (non-hydrogen) atoms. The van der Waals surface area contributed by atoms with E-state index in [0.29, 0.717) is 0 Å². The van der Waals surface area contributed by atoms with Crippen molar-refractivity contribution < 1.29 is 4.74 Å². The Balaban J connectivity index is 2.18. The first-order valence-electron chi connectivity index (χ1n) is 7.06. The fourth-order valence-corrected chi connectivity index (χ4v) is 2.73. The summed E-state index contributed by atoms with van der Waals surface area (Å²) in [5.74, 6) is 0. The van der Waals surface area contributed by atoms with Crippen molar-refractivity contribution in [1.82, 2.24) is 15.1 Å². The third kappa shape index (κ3) is 2.45. The Bertz CT molecular complexity index is 365. The van der Waals surface area contributed by atoms with Gasteiger partial charge in [-0.2, -0.15) is 5.10 Å². The van der Waals surface area contributed by atoms with Gasteiger partial charge in [0.1, 0.15) is 0 Å². The Morgan fingerprint density at radius 2 is 2.28 bits per heavy atom. The van der Waals surface area contributed by atoms with E-state index < -0.39 is 0 Å². The number of nitrogens with one attached hydrogen (secondary N) is 1. The number of hydrogen-bond acceptors (Lipinski definition) is 3. The van der Waals surface area contributed by atoms with Gasteiger partial charge >= 0.3 is 0 Å². The van der Waals surface area contributed by atoms with E-state index in [-0.39, 0.29) is 11.6 Å². The summed E-state index contributed by atoms with van der Waals surface area (Å²) in [6, 6.07) is 0.275. The quantitative estimate of drug-likeness (QED) is 0.809. The van der Waals surface area contributed by atoms with E-state index in [0.717, 1.165) is 32.4 Å². The van der Waals surface area contributed by atoms with Crippen LogP contribution < -0.4 is 5.32 Å². The standard InChI is InChI=1S/C14H25N3O/c1-4-9-15-13(14(18-3)7-6-8-14)12-10-16-17(5-2)11-12/h10-11,13,15H,4-9H2,1-3H3. The van der Waals surface area contributed by atoms with Crippen LogP contribution in [0.5, 0.6) is 0 Å². The molecule has 0 aromatic carbocycles. The maximum atomic E-state index is 5.83. The number of ether oxygens (including phenoxy) is 1. The smallest absolute Gasteiger partial charge is 0.0873 e. The summed E-state index contributed by atoms with van der Waals surface area (Å²) in [5, 5.41) is 8.03. The highest BCUT2D eigenvalue weighted by Crippen LogP contribution is 2.44. The second-order valence-corrected chi connectivity index (χ2v) is 5.14. The molecule has 0 bridgehead atoms. The summed E-state index contributed by atoms with van der Waals surface area (Å²) >= 11 is 0. The van der Waals surface area contributed by atoms with Crippen LogP contribution in [0.1, 0.15) is 51.1 Å². The van der Waals surface area contributed by atoms with E-state index in [1.807, 2.05) is 18.0 Å². The zero-order valence-electron chi connectivity index (χ0n) is 11.8. The summed E-state index contributed by atoms with van der Waals surface area (Å²) < 4.78 is 7.81. The number of rotatable bonds is 7. The van der Waals surface area contributed by atoms with Crippen LogP contribution in [0.3, 0.4) is 0 Å². The Morgan fingerprint density at radius 3 is 2.72 bits per heavy atom. The molecule has 0 saturated heterocycles. The van der Waals surface area contributed by atoms with Gasteiger partial charge in [0.25, 0.3) is 0 Å². The average Bonchev–Trinajstić information content (AvgIpc) is 2.80. The maximum absolute atomic E-state index is 5.83. The van der Waals surface area contributed by atoms with Crippen LogP contribution in [0.2, 0.25) is 0 Å². The van der Waals surface area contributed by atoms with Crippen LogP contribution in [0.4, 0.5) is 0 Å². The van der Waals surface area contributed by atoms with E-state index in [4.69, 9.17) is 4.74 Å². The lowest BCUT2D eigenvalue weighted by molar-refractivity contribution is -0.0997. The van der Waals surface area contributed by atoms with Gasteiger partial charge in [0.2, 0.25) is 0 Å². The molecule has 0 amide bonds. The Hall–Kier alpha value is -0.870. The minimum atomic E-state index is -0.0171. The van der Waals surface area contributed by atoms with Crippen LogP contribution in [0.25, 0.3) is 0 Å². The lowest BCUT2D eigenvalue weighted by atomic mass is 9.72. The van der Waals surface area contributed by atoms with Crippen molar-refractivity contribution in [2.24, 2.45) is 0 Å². The number of methoxy groups -OCH3 is 1. The Kier molecular flexibility index (Phi) is 4.40. The third-order valence-corrected chi connectivity index (χ3v) is 4.04. The molecule has 1 unspecified atom stereocenters. The number of aryl methyl sites for hydroxylation is 1. The van der Waals surface area contributed by atoms with E-state index >= 15 is 0 Å². The molecule has 1 aromatic rings. The van der Waals surface area contributed by atoms with Crippen molar-refractivity contribution in [3.8, 4) is 0 Å². The average molecular weight is 251 g/mol. The molecule has 1 fully saturated rings. The maximum Gasteiger partial charge on any atom is 0.0873 e. The molecule has 4 nitrogen and oxygen atoms in total. The fraction of sp³-hybridized carbons (Fsp3) is 0.786. The minimum Gasteiger partial charge on any atom is -0.376 e. The Morgan fingerprint density at radius 1 is 1.50 bits per heavy atom. The van der Waals surface area contributed by atoms with Gasteiger partial charge in [-0.15, -0.1) is 0 Å². The summed E-state index contributed by atoms with van der Waals surface area (Å²) in [6.07, 6.45) is 8.81. The molecule has 0 spiro atoms. The number of aromatic nitrogens is 2. The summed E-state index contributed by atoms with van der Waals surface area (Å²) in [7, 11) is 1.84. The summed E-state index contributed by atoms with van der Waals surface area (Å²) in [5.41, 5.74) is 1.24. The van der Waals surface area contributed by atoms with Crippen molar-refractivity contribution in [3.05, 3.63) is 18.0 Å². The van der Waals surface area contributed by atoms with Crippen molar-refractivity contribution in [1.29, 1.82) is 0 Å². The monoisotopic (exact) mass is 251 g/mol. The van der Waals surface area contributed by atoms with Crippen LogP contribution in [-0.4, -0.2) is 29.0 Å². The van der Waals surface area contributed by atoms with Crippen LogP contribution in [0.15, 0.2) is 12.4 Å². The first-order chi connectivity index (χ1) is 8.75. The zero-order chi connectivity index (χ0) is 13.0. The van der Waals surface area contributed by atoms with Gasteiger partial charge in [0.15, 0.2) is 0 Å². The van der Waals surface area contributed by atoms with Gasteiger partial charge in [-0.3, -0.25) is 4.68 Å². The summed E-state index contributed by atoms with van der Waals surface area (Å²) in [6.45, 7) is 6.24. The van der Waals surface area contributed by atoms with Gasteiger partial charge in [0, 0.05) is 25.4 Å². The molecule has 1 aliphatic carbocycles. The number of nitrogens with zero attached hydrogens (tertiary/aromatic N) is 2. The molecular formula is C14H25N3O. The predicted molar refractivity (Wildman–Crippen MR) is 72.5 cm³/mol. The second kappa shape index (κ2) is 5.85. The van der Waals surface area contributed by atoms with Crippen LogP contribution in [-0.2, 0) is 11.3 Å². The van der Waals surface area contributed by atoms with Crippen molar-refractivity contribution in [3.63, 3.8) is 0 Å². The first kappa shape index (κ1) is 13.6. The zero-order valence-corrected chi connectivity index (χ0v) is 11.8. The molecule has 0 aliphatic heterocycles. The first-order valence-corrected chi connectivity index (χ1v) is 7.06. The molecule has 1 atom stereocenters. The predicted octanol–water partition coefficient (Wildman–Crippen LogP) is 2.51. The second-order valence-electron chi connectivity index (χ2n) is 5.14. The molecule has 4 heteroatoms. The van der Waals surface area contributed by atoms with E-state index in [1.54, 1.807) is 0 Å². The van der Waals surface area contributed by atoms with Gasteiger partial charge in [-0.1, -0.05) is 6.92 Å². The molecule has 102 valence electrons. The fourth-order valence-electron chi connectivity index (χ4n) is 2.73. The van der Waals surface area contributed by atoms with Gasteiger partial charge in [0.05, 0.1) is 17.8 Å². The normalized spacial score (nSPS) is 19.5. The van der Waals surface area contributed by atoms with E-state index in [9.17, 15) is 0 Å². The third-order valence-electron chi connectivity index (χ3n) is 4.04. The lowest BCUT2D eigenvalue weighted by Gasteiger charge is -2.46. The molecule has 1 aromatic heterocycles. The van der Waals surface area contributed by atoms with Gasteiger partial charge < -0.3 is 10.1 Å². The molecule has 1 aliphatic rings.